The number of nitrogens with one attached hydrogen (secondary N) is 3. The molecule has 3 aromatic rings. The molecule has 0 aliphatic heterocycles. The van der Waals surface area contributed by atoms with Gasteiger partial charge in [-0.15, -0.1) is 0 Å². The number of fused-ring (bicyclic) bond motifs is 1. The fraction of sp³-hybridized carbons (Fsp3) is 0.355. The van der Waals surface area contributed by atoms with Crippen LogP contribution in [0.4, 0.5) is 0 Å². The second-order valence-corrected chi connectivity index (χ2v) is 9.16. The van der Waals surface area contributed by atoms with Crippen molar-refractivity contribution in [1.29, 1.82) is 0 Å². The number of hydrogen-bond acceptors (Lipinski definition) is 5. The lowest BCUT2D eigenvalue weighted by molar-refractivity contribution is -0.139. The van der Waals surface area contributed by atoms with Gasteiger partial charge >= 0.3 is 5.97 Å². The van der Waals surface area contributed by atoms with Crippen LogP contribution in [0.25, 0.3) is 23.2 Å². The summed E-state index contributed by atoms with van der Waals surface area (Å²) in [7, 11) is 0. The molecule has 2 aromatic carbocycles. The molecule has 40 heavy (non-hydrogen) atoms. The van der Waals surface area contributed by atoms with Crippen LogP contribution in [0.5, 0.6) is 0 Å². The van der Waals surface area contributed by atoms with Crippen molar-refractivity contribution in [2.45, 2.75) is 71.4 Å². The molecule has 0 bridgehead atoms. The maximum Gasteiger partial charge on any atom is 0.303 e. The fourth-order valence-electron chi connectivity index (χ4n) is 4.11. The van der Waals surface area contributed by atoms with Crippen molar-refractivity contribution >= 4 is 41.5 Å². The van der Waals surface area contributed by atoms with E-state index in [0.717, 1.165) is 59.8 Å². The zero-order chi connectivity index (χ0) is 29.2. The highest BCUT2D eigenvalue weighted by atomic mass is 16.6. The average molecular weight is 549 g/mol. The number of carbonyl (C=O) groups is 3. The summed E-state index contributed by atoms with van der Waals surface area (Å²) in [5.74, 6) is -0.552. The molecule has 0 aliphatic carbocycles. The quantitative estimate of drug-likeness (QED) is 0.0972. The number of nitrogens with zero attached hydrogens (tertiary/aromatic N) is 1. The van der Waals surface area contributed by atoms with Gasteiger partial charge in [0.1, 0.15) is 5.82 Å². The van der Waals surface area contributed by atoms with Crippen LogP contribution in [0, 0.1) is 0 Å². The van der Waals surface area contributed by atoms with Gasteiger partial charge in [0.2, 0.25) is 12.3 Å². The highest BCUT2D eigenvalue weighted by Gasteiger charge is 2.20. The van der Waals surface area contributed by atoms with E-state index in [9.17, 15) is 14.4 Å². The molecule has 0 saturated carbocycles. The molecule has 4 N–H and O–H groups in total. The summed E-state index contributed by atoms with van der Waals surface area (Å²) >= 11 is 0. The Kier molecular flexibility index (Phi) is 14.5. The molecule has 0 aliphatic rings. The minimum Gasteiger partial charge on any atom is -0.481 e. The molecule has 0 radical (unpaired) electrons. The Labute approximate surface area is 235 Å². The van der Waals surface area contributed by atoms with E-state index in [1.165, 1.54) is 0 Å². The number of hydrogen-bond donors (Lipinski definition) is 4. The van der Waals surface area contributed by atoms with E-state index in [1.54, 1.807) is 6.08 Å². The molecule has 1 unspecified atom stereocenters. The van der Waals surface area contributed by atoms with E-state index in [2.05, 4.69) is 29.3 Å². The second kappa shape index (κ2) is 18.1. The van der Waals surface area contributed by atoms with Crippen LogP contribution in [-0.2, 0) is 25.8 Å². The number of unbranched alkanes of at least 4 members (excludes halogenated alkanes) is 3. The maximum atomic E-state index is 12.3. The van der Waals surface area contributed by atoms with Gasteiger partial charge in [0.15, 0.2) is 0 Å². The third kappa shape index (κ3) is 10.9. The number of aromatic amines is 1. The second-order valence-electron chi connectivity index (χ2n) is 9.16. The van der Waals surface area contributed by atoms with E-state index in [-0.39, 0.29) is 24.8 Å². The summed E-state index contributed by atoms with van der Waals surface area (Å²) in [6, 6.07) is 13.3. The van der Waals surface area contributed by atoms with Crippen molar-refractivity contribution in [2.75, 3.05) is 0 Å². The fourth-order valence-corrected chi connectivity index (χ4v) is 4.11. The molecule has 1 aromatic heterocycles. The van der Waals surface area contributed by atoms with Gasteiger partial charge in [0.05, 0.1) is 30.1 Å². The Hall–Kier alpha value is -4.24. The normalized spacial score (nSPS) is 11.4. The Bertz CT molecular complexity index is 1250. The van der Waals surface area contributed by atoms with Gasteiger partial charge in [-0.05, 0) is 30.5 Å². The monoisotopic (exact) mass is 548 g/mol. The first-order chi connectivity index (χ1) is 19.4. The van der Waals surface area contributed by atoms with Gasteiger partial charge in [-0.3, -0.25) is 19.2 Å². The lowest BCUT2D eigenvalue weighted by Crippen LogP contribution is -2.29. The lowest BCUT2D eigenvalue weighted by atomic mass is 10.1. The number of benzene rings is 2. The minimum atomic E-state index is -0.976. The van der Waals surface area contributed by atoms with Gasteiger partial charge in [-0.1, -0.05) is 93.8 Å². The third-order valence-electron chi connectivity index (χ3n) is 6.09. The number of carbonyl (C=O) groups excluding carboxylic acids is 2. The predicted molar refractivity (Wildman–Crippen MR) is 158 cm³/mol. The smallest absolute Gasteiger partial charge is 0.303 e. The first kappa shape index (κ1) is 32.0. The summed E-state index contributed by atoms with van der Waals surface area (Å²) in [6.07, 6.45) is 11.2. The van der Waals surface area contributed by atoms with Crippen LogP contribution in [-0.4, -0.2) is 33.4 Å². The standard InChI is InChI=1S/C23H31N3O3.C8H9NO2/c1-4-7-8-9-11-19(24-20(27)14-15-21(28)29)23-25-18-13-12-16(10-5-2)17(6-3)22(18)26-23;10-7-9-11-6-8-4-2-1-3-5-8/h5-6,10,12-13,19H,3-4,7-9,11,14-15H2,1-2H3,(H,24,27)(H,25,26)(H,28,29);1-5,7H,6H2,(H,9,10)/b10-5-;. The number of imidazole rings is 1. The number of aliphatic carboxylic acids is 1. The molecule has 0 fully saturated rings. The number of amides is 2. The number of H-pyrrole nitrogens is 1. The zero-order valence-corrected chi connectivity index (χ0v) is 23.3. The van der Waals surface area contributed by atoms with Crippen molar-refractivity contribution in [1.82, 2.24) is 20.8 Å². The van der Waals surface area contributed by atoms with Crippen molar-refractivity contribution in [3.63, 3.8) is 0 Å². The number of hydroxylamine groups is 1. The van der Waals surface area contributed by atoms with Crippen molar-refractivity contribution in [3.05, 3.63) is 77.6 Å². The number of carboxylic acid groups (broad SMARTS) is 1. The molecular weight excluding hydrogens is 508 g/mol. The lowest BCUT2D eigenvalue weighted by Gasteiger charge is -2.16. The summed E-state index contributed by atoms with van der Waals surface area (Å²) in [5, 5.41) is 11.8. The Balaban J connectivity index is 0.000000425. The summed E-state index contributed by atoms with van der Waals surface area (Å²) in [6.45, 7) is 8.45. The largest absolute Gasteiger partial charge is 0.481 e. The van der Waals surface area contributed by atoms with E-state index in [1.807, 2.05) is 61.5 Å². The molecule has 0 saturated heterocycles. The number of carboxylic acids is 1. The van der Waals surface area contributed by atoms with Crippen molar-refractivity contribution < 1.29 is 24.3 Å². The van der Waals surface area contributed by atoms with Gasteiger partial charge < -0.3 is 15.4 Å². The van der Waals surface area contributed by atoms with Gasteiger partial charge in [0, 0.05) is 12.0 Å². The molecule has 1 heterocycles. The van der Waals surface area contributed by atoms with E-state index < -0.39 is 5.97 Å². The molecule has 1 atom stereocenters. The van der Waals surface area contributed by atoms with Crippen LogP contribution >= 0.6 is 0 Å². The molecule has 214 valence electrons. The molecule has 0 spiro atoms. The van der Waals surface area contributed by atoms with Crippen molar-refractivity contribution in [2.24, 2.45) is 0 Å². The summed E-state index contributed by atoms with van der Waals surface area (Å²) in [5.41, 5.74) is 6.85. The molecule has 9 heteroatoms. The first-order valence-corrected chi connectivity index (χ1v) is 13.6. The third-order valence-corrected chi connectivity index (χ3v) is 6.09. The molecule has 3 rings (SSSR count). The Morgan fingerprint density at radius 1 is 1.12 bits per heavy atom. The van der Waals surface area contributed by atoms with Gasteiger partial charge in [-0.2, -0.15) is 0 Å². The Morgan fingerprint density at radius 2 is 1.90 bits per heavy atom. The van der Waals surface area contributed by atoms with Crippen LogP contribution < -0.4 is 10.8 Å². The van der Waals surface area contributed by atoms with Crippen LogP contribution in [0.15, 0.2) is 55.1 Å². The summed E-state index contributed by atoms with van der Waals surface area (Å²) in [4.78, 5) is 45.6. The number of allylic oxidation sites excluding steroid dienone is 1. The average Bonchev–Trinajstić information content (AvgIpc) is 3.39. The zero-order valence-electron chi connectivity index (χ0n) is 23.3. The van der Waals surface area contributed by atoms with E-state index >= 15 is 0 Å². The number of rotatable bonds is 16. The molecule has 2 amide bonds. The molecule has 9 nitrogen and oxygen atoms in total. The van der Waals surface area contributed by atoms with Gasteiger partial charge in [0.25, 0.3) is 0 Å². The van der Waals surface area contributed by atoms with E-state index in [4.69, 9.17) is 14.9 Å². The highest BCUT2D eigenvalue weighted by molar-refractivity contribution is 5.89. The van der Waals surface area contributed by atoms with Crippen LogP contribution in [0.1, 0.15) is 87.3 Å². The topological polar surface area (TPSA) is 133 Å². The Morgan fingerprint density at radius 3 is 2.55 bits per heavy atom. The number of aromatic nitrogens is 2. The first-order valence-electron chi connectivity index (χ1n) is 13.6. The summed E-state index contributed by atoms with van der Waals surface area (Å²) < 4.78 is 0. The van der Waals surface area contributed by atoms with E-state index in [0.29, 0.717) is 18.8 Å². The van der Waals surface area contributed by atoms with Crippen LogP contribution in [0.2, 0.25) is 0 Å². The highest BCUT2D eigenvalue weighted by Crippen LogP contribution is 2.27. The van der Waals surface area contributed by atoms with Gasteiger partial charge in [-0.25, -0.2) is 10.5 Å². The SMILES string of the molecule is C=Cc1c(/C=C\C)ccc2[nH]c(C(CCCCCC)NC(=O)CCC(=O)O)nc12.O=CNOCc1ccccc1. The van der Waals surface area contributed by atoms with Crippen molar-refractivity contribution in [3.8, 4) is 0 Å². The van der Waals surface area contributed by atoms with Crippen LogP contribution in [0.3, 0.4) is 0 Å². The minimum absolute atomic E-state index is 0.0373. The maximum absolute atomic E-state index is 12.3. The predicted octanol–water partition coefficient (Wildman–Crippen LogP) is 6.10. The molecular formula is C31H40N4O5.